The summed E-state index contributed by atoms with van der Waals surface area (Å²) in [5.41, 5.74) is 0.0333. The van der Waals surface area contributed by atoms with Gasteiger partial charge in [0.15, 0.2) is 0 Å². The molecule has 16 heavy (non-hydrogen) atoms. The maximum Gasteiger partial charge on any atom is 0.314 e. The lowest BCUT2D eigenvalue weighted by atomic mass is 9.94. The lowest BCUT2D eigenvalue weighted by molar-refractivity contribution is -0.140. The Morgan fingerprint density at radius 1 is 1.50 bits per heavy atom. The summed E-state index contributed by atoms with van der Waals surface area (Å²) in [5, 5.41) is 9.10. The lowest BCUT2D eigenvalue weighted by Crippen LogP contribution is -2.21. The molecular weight excluding hydrogens is 211 g/mol. The molecule has 1 aliphatic rings. The van der Waals surface area contributed by atoms with Crippen molar-refractivity contribution in [1.82, 2.24) is 0 Å². The summed E-state index contributed by atoms with van der Waals surface area (Å²) in [5.74, 6) is -0.999. The van der Waals surface area contributed by atoms with Crippen LogP contribution in [-0.4, -0.2) is 18.2 Å². The van der Waals surface area contributed by atoms with E-state index >= 15 is 0 Å². The molecule has 4 heteroatoms. The molecule has 2 rings (SSSR count). The third-order valence-corrected chi connectivity index (χ3v) is 3.16. The van der Waals surface area contributed by atoms with Crippen LogP contribution in [0.25, 0.3) is 0 Å². The van der Waals surface area contributed by atoms with Crippen molar-refractivity contribution in [3.8, 4) is 5.75 Å². The molecule has 0 saturated heterocycles. The number of benzene rings is 1. The van der Waals surface area contributed by atoms with Gasteiger partial charge in [-0.25, -0.2) is 4.39 Å². The van der Waals surface area contributed by atoms with Crippen LogP contribution in [0, 0.1) is 12.7 Å². The summed E-state index contributed by atoms with van der Waals surface area (Å²) in [4.78, 5) is 11.1. The number of hydrogen-bond donors (Lipinski definition) is 1. The van der Waals surface area contributed by atoms with Crippen LogP contribution in [0.15, 0.2) is 12.1 Å². The first-order valence-corrected chi connectivity index (χ1v) is 5.09. The summed E-state index contributed by atoms with van der Waals surface area (Å²) < 4.78 is 18.8. The van der Waals surface area contributed by atoms with Crippen LogP contribution in [0.1, 0.15) is 24.0 Å². The van der Waals surface area contributed by atoms with Crippen molar-refractivity contribution in [1.29, 1.82) is 0 Å². The monoisotopic (exact) mass is 224 g/mol. The van der Waals surface area contributed by atoms with E-state index in [9.17, 15) is 9.18 Å². The third kappa shape index (κ3) is 1.45. The second kappa shape index (κ2) is 3.47. The largest absolute Gasteiger partial charge is 0.496 e. The first kappa shape index (κ1) is 10.9. The SMILES string of the molecule is COc1cc(F)c(C2(C(=O)O)CC2)cc1C. The Bertz CT molecular complexity index is 450. The minimum atomic E-state index is -0.999. The molecule has 0 unspecified atom stereocenters. The predicted octanol–water partition coefficient (Wildman–Crippen LogP) is 2.26. The van der Waals surface area contributed by atoms with Gasteiger partial charge in [0.05, 0.1) is 12.5 Å². The van der Waals surface area contributed by atoms with Crippen LogP contribution in [0.4, 0.5) is 4.39 Å². The number of aryl methyl sites for hydroxylation is 1. The molecule has 0 bridgehead atoms. The van der Waals surface area contributed by atoms with E-state index in [-0.39, 0.29) is 5.56 Å². The van der Waals surface area contributed by atoms with Crippen LogP contribution in [0.3, 0.4) is 0 Å². The van der Waals surface area contributed by atoms with Gasteiger partial charge in [-0.15, -0.1) is 0 Å². The molecule has 0 aromatic heterocycles. The fourth-order valence-electron chi connectivity index (χ4n) is 1.97. The summed E-state index contributed by atoms with van der Waals surface area (Å²) in [6.07, 6.45) is 1.01. The minimum Gasteiger partial charge on any atom is -0.496 e. The highest BCUT2D eigenvalue weighted by Gasteiger charge is 2.53. The first-order valence-electron chi connectivity index (χ1n) is 5.09. The van der Waals surface area contributed by atoms with Gasteiger partial charge in [-0.1, -0.05) is 0 Å². The van der Waals surface area contributed by atoms with Crippen molar-refractivity contribution in [2.45, 2.75) is 25.2 Å². The van der Waals surface area contributed by atoms with E-state index in [4.69, 9.17) is 9.84 Å². The molecule has 0 atom stereocenters. The van der Waals surface area contributed by atoms with Gasteiger partial charge in [-0.2, -0.15) is 0 Å². The quantitative estimate of drug-likeness (QED) is 0.856. The van der Waals surface area contributed by atoms with Crippen molar-refractivity contribution in [3.63, 3.8) is 0 Å². The molecule has 3 nitrogen and oxygen atoms in total. The van der Waals surface area contributed by atoms with E-state index in [0.717, 1.165) is 5.56 Å². The molecule has 0 amide bonds. The fourth-order valence-corrected chi connectivity index (χ4v) is 1.97. The number of aliphatic carboxylic acids is 1. The van der Waals surface area contributed by atoms with Crippen LogP contribution >= 0.6 is 0 Å². The normalized spacial score (nSPS) is 16.9. The molecule has 1 aromatic carbocycles. The van der Waals surface area contributed by atoms with Crippen molar-refractivity contribution in [2.24, 2.45) is 0 Å². The predicted molar refractivity (Wildman–Crippen MR) is 56.2 cm³/mol. The van der Waals surface area contributed by atoms with Crippen LogP contribution < -0.4 is 4.74 Å². The van der Waals surface area contributed by atoms with Gasteiger partial charge in [0.1, 0.15) is 11.6 Å². The zero-order valence-corrected chi connectivity index (χ0v) is 9.21. The Morgan fingerprint density at radius 3 is 2.56 bits per heavy atom. The standard InChI is InChI=1S/C12H13FO3/c1-7-5-8(9(13)6-10(7)16-2)12(3-4-12)11(14)15/h5-6H,3-4H2,1-2H3,(H,14,15). The fraction of sp³-hybridized carbons (Fsp3) is 0.417. The molecule has 86 valence electrons. The molecule has 1 N–H and O–H groups in total. The van der Waals surface area contributed by atoms with Crippen molar-refractivity contribution in [2.75, 3.05) is 7.11 Å². The summed E-state index contributed by atoms with van der Waals surface area (Å²) in [6.45, 7) is 1.78. The first-order chi connectivity index (χ1) is 7.51. The van der Waals surface area contributed by atoms with E-state index in [1.54, 1.807) is 13.0 Å². The van der Waals surface area contributed by atoms with Gasteiger partial charge in [-0.05, 0) is 31.4 Å². The molecule has 1 saturated carbocycles. The maximum absolute atomic E-state index is 13.8. The highest BCUT2D eigenvalue weighted by Crippen LogP contribution is 2.50. The van der Waals surface area contributed by atoms with Crippen molar-refractivity contribution < 1.29 is 19.0 Å². The van der Waals surface area contributed by atoms with E-state index in [1.165, 1.54) is 13.2 Å². The molecule has 0 spiro atoms. The van der Waals surface area contributed by atoms with Gasteiger partial charge < -0.3 is 9.84 Å². The smallest absolute Gasteiger partial charge is 0.314 e. The number of methoxy groups -OCH3 is 1. The molecule has 1 fully saturated rings. The molecule has 0 heterocycles. The zero-order chi connectivity index (χ0) is 11.9. The number of carboxylic acids is 1. The number of carbonyl (C=O) groups is 1. The highest BCUT2D eigenvalue weighted by molar-refractivity contribution is 5.85. The van der Waals surface area contributed by atoms with E-state index in [0.29, 0.717) is 18.6 Å². The Kier molecular flexibility index (Phi) is 2.37. The van der Waals surface area contributed by atoms with E-state index < -0.39 is 17.2 Å². The molecule has 1 aromatic rings. The third-order valence-electron chi connectivity index (χ3n) is 3.16. The number of carboxylic acid groups (broad SMARTS) is 1. The lowest BCUT2D eigenvalue weighted by Gasteiger charge is -2.14. The number of hydrogen-bond acceptors (Lipinski definition) is 2. The average Bonchev–Trinajstić information content (AvgIpc) is 3.01. The van der Waals surface area contributed by atoms with E-state index in [1.807, 2.05) is 0 Å². The summed E-state index contributed by atoms with van der Waals surface area (Å²) in [6, 6.07) is 2.84. The molecule has 1 aliphatic carbocycles. The zero-order valence-electron chi connectivity index (χ0n) is 9.21. The molecule has 0 radical (unpaired) electrons. The van der Waals surface area contributed by atoms with Crippen LogP contribution in [0.2, 0.25) is 0 Å². The van der Waals surface area contributed by atoms with Crippen molar-refractivity contribution in [3.05, 3.63) is 29.1 Å². The van der Waals surface area contributed by atoms with Gasteiger partial charge in [-0.3, -0.25) is 4.79 Å². The topological polar surface area (TPSA) is 46.5 Å². The molecular formula is C12H13FO3. The average molecular weight is 224 g/mol. The minimum absolute atomic E-state index is 0.276. The highest BCUT2D eigenvalue weighted by atomic mass is 19.1. The summed E-state index contributed by atoms with van der Waals surface area (Å²) >= 11 is 0. The van der Waals surface area contributed by atoms with Gasteiger partial charge >= 0.3 is 5.97 Å². The Hall–Kier alpha value is -1.58. The number of halogens is 1. The van der Waals surface area contributed by atoms with Gasteiger partial charge in [0.2, 0.25) is 0 Å². The van der Waals surface area contributed by atoms with Crippen LogP contribution in [-0.2, 0) is 10.2 Å². The second-order valence-corrected chi connectivity index (χ2v) is 4.19. The Labute approximate surface area is 92.9 Å². The Balaban J connectivity index is 2.51. The number of rotatable bonds is 3. The molecule has 0 aliphatic heterocycles. The number of ether oxygens (including phenoxy) is 1. The van der Waals surface area contributed by atoms with Gasteiger partial charge in [0, 0.05) is 11.6 Å². The van der Waals surface area contributed by atoms with Crippen molar-refractivity contribution >= 4 is 5.97 Å². The summed E-state index contributed by atoms with van der Waals surface area (Å²) in [7, 11) is 1.46. The van der Waals surface area contributed by atoms with Gasteiger partial charge in [0.25, 0.3) is 0 Å². The van der Waals surface area contributed by atoms with Crippen LogP contribution in [0.5, 0.6) is 5.75 Å². The van der Waals surface area contributed by atoms with E-state index in [2.05, 4.69) is 0 Å². The second-order valence-electron chi connectivity index (χ2n) is 4.19. The Morgan fingerprint density at radius 2 is 2.12 bits per heavy atom. The maximum atomic E-state index is 13.8.